The highest BCUT2D eigenvalue weighted by atomic mass is 16.6. The first-order valence-electron chi connectivity index (χ1n) is 7.23. The van der Waals surface area contributed by atoms with E-state index in [-0.39, 0.29) is 18.0 Å². The number of esters is 2. The molecular weight excluding hydrogens is 302 g/mol. The number of carbonyl (C=O) groups excluding carboxylic acids is 2. The summed E-state index contributed by atoms with van der Waals surface area (Å²) in [7, 11) is 4.33. The van der Waals surface area contributed by atoms with Gasteiger partial charge in [0.2, 0.25) is 5.75 Å². The van der Waals surface area contributed by atoms with Crippen molar-refractivity contribution in [2.24, 2.45) is 5.73 Å². The van der Waals surface area contributed by atoms with Gasteiger partial charge in [-0.2, -0.15) is 0 Å². The van der Waals surface area contributed by atoms with Crippen LogP contribution in [0.15, 0.2) is 12.1 Å². The fraction of sp³-hybridized carbons (Fsp3) is 0.500. The molecule has 0 aliphatic carbocycles. The van der Waals surface area contributed by atoms with Crippen LogP contribution in [0.5, 0.6) is 17.2 Å². The third-order valence-corrected chi connectivity index (χ3v) is 3.15. The van der Waals surface area contributed by atoms with Crippen LogP contribution in [0.25, 0.3) is 0 Å². The van der Waals surface area contributed by atoms with E-state index in [1.165, 1.54) is 33.5 Å². The molecule has 1 atom stereocenters. The van der Waals surface area contributed by atoms with Gasteiger partial charge in [-0.3, -0.25) is 4.79 Å². The molecule has 0 radical (unpaired) electrons. The van der Waals surface area contributed by atoms with Gasteiger partial charge in [0.1, 0.15) is 0 Å². The Morgan fingerprint density at radius 2 is 1.65 bits per heavy atom. The largest absolute Gasteiger partial charge is 0.493 e. The van der Waals surface area contributed by atoms with Crippen LogP contribution in [0.4, 0.5) is 0 Å². The van der Waals surface area contributed by atoms with E-state index in [1.54, 1.807) is 0 Å². The molecule has 0 aromatic heterocycles. The highest BCUT2D eigenvalue weighted by Gasteiger charge is 2.19. The second kappa shape index (κ2) is 8.99. The Morgan fingerprint density at radius 3 is 2.09 bits per heavy atom. The van der Waals surface area contributed by atoms with Crippen molar-refractivity contribution in [1.29, 1.82) is 0 Å². The highest BCUT2D eigenvalue weighted by Crippen LogP contribution is 2.38. The van der Waals surface area contributed by atoms with E-state index in [1.807, 2.05) is 6.92 Å². The number of methoxy groups -OCH3 is 3. The van der Waals surface area contributed by atoms with Crippen molar-refractivity contribution in [3.63, 3.8) is 0 Å². The number of hydrogen-bond donors (Lipinski definition) is 1. The summed E-state index contributed by atoms with van der Waals surface area (Å²) < 4.78 is 20.3. The van der Waals surface area contributed by atoms with Crippen molar-refractivity contribution < 1.29 is 28.5 Å². The van der Waals surface area contributed by atoms with Gasteiger partial charge in [-0.05, 0) is 31.9 Å². The molecule has 0 aliphatic rings. The first-order chi connectivity index (χ1) is 10.9. The fourth-order valence-corrected chi connectivity index (χ4v) is 1.98. The number of ether oxygens (including phenoxy) is 4. The van der Waals surface area contributed by atoms with Gasteiger partial charge in [0, 0.05) is 12.5 Å². The molecule has 1 aromatic rings. The lowest BCUT2D eigenvalue weighted by atomic mass is 10.1. The van der Waals surface area contributed by atoms with Crippen molar-refractivity contribution in [3.8, 4) is 17.2 Å². The van der Waals surface area contributed by atoms with Crippen molar-refractivity contribution in [1.82, 2.24) is 0 Å². The van der Waals surface area contributed by atoms with Crippen LogP contribution in [0.3, 0.4) is 0 Å². The molecule has 128 valence electrons. The summed E-state index contributed by atoms with van der Waals surface area (Å²) in [4.78, 5) is 23.7. The lowest BCUT2D eigenvalue weighted by Gasteiger charge is -2.13. The Labute approximate surface area is 135 Å². The van der Waals surface area contributed by atoms with Crippen molar-refractivity contribution >= 4 is 11.9 Å². The van der Waals surface area contributed by atoms with Gasteiger partial charge in [0.05, 0.1) is 26.9 Å². The van der Waals surface area contributed by atoms with E-state index in [0.29, 0.717) is 30.1 Å². The molecule has 23 heavy (non-hydrogen) atoms. The molecule has 0 fully saturated rings. The van der Waals surface area contributed by atoms with E-state index in [2.05, 4.69) is 0 Å². The molecule has 7 nitrogen and oxygen atoms in total. The number of carbonyl (C=O) groups is 2. The molecule has 7 heteroatoms. The first kappa shape index (κ1) is 18.8. The summed E-state index contributed by atoms with van der Waals surface area (Å²) in [6.45, 7) is 1.85. The second-order valence-electron chi connectivity index (χ2n) is 5.05. The zero-order valence-corrected chi connectivity index (χ0v) is 13.9. The van der Waals surface area contributed by atoms with Crippen LogP contribution in [-0.2, 0) is 9.53 Å². The average Bonchev–Trinajstić information content (AvgIpc) is 2.52. The Morgan fingerprint density at radius 1 is 1.09 bits per heavy atom. The standard InChI is InChI=1S/C16H23NO6/c1-10(17)6-5-7-14(18)23-16(19)11-8-12(20-2)15(22-4)13(9-11)21-3/h8-10H,5-7,17H2,1-4H3. The van der Waals surface area contributed by atoms with Gasteiger partial charge >= 0.3 is 11.9 Å². The van der Waals surface area contributed by atoms with Gasteiger partial charge in [0.15, 0.2) is 11.5 Å². The van der Waals surface area contributed by atoms with Crippen LogP contribution in [0.1, 0.15) is 36.5 Å². The van der Waals surface area contributed by atoms with E-state index < -0.39 is 11.9 Å². The molecule has 0 amide bonds. The van der Waals surface area contributed by atoms with E-state index in [0.717, 1.165) is 0 Å². The average molecular weight is 325 g/mol. The SMILES string of the molecule is COc1cc(C(=O)OC(=O)CCCC(C)N)cc(OC)c1OC. The summed E-state index contributed by atoms with van der Waals surface area (Å²) >= 11 is 0. The molecule has 0 aliphatic heterocycles. The van der Waals surface area contributed by atoms with E-state index in [4.69, 9.17) is 24.7 Å². The van der Waals surface area contributed by atoms with Crippen LogP contribution < -0.4 is 19.9 Å². The summed E-state index contributed by atoms with van der Waals surface area (Å²) in [6.07, 6.45) is 1.39. The maximum Gasteiger partial charge on any atom is 0.346 e. The van der Waals surface area contributed by atoms with Crippen LogP contribution >= 0.6 is 0 Å². The molecule has 1 rings (SSSR count). The number of hydrogen-bond acceptors (Lipinski definition) is 7. The smallest absolute Gasteiger partial charge is 0.346 e. The first-order valence-corrected chi connectivity index (χ1v) is 7.23. The lowest BCUT2D eigenvalue weighted by Crippen LogP contribution is -2.16. The van der Waals surface area contributed by atoms with Crippen molar-refractivity contribution in [2.75, 3.05) is 21.3 Å². The van der Waals surface area contributed by atoms with Gasteiger partial charge in [0.25, 0.3) is 0 Å². The lowest BCUT2D eigenvalue weighted by molar-refractivity contribution is -0.138. The quantitative estimate of drug-likeness (QED) is 0.576. The minimum atomic E-state index is -0.768. The summed E-state index contributed by atoms with van der Waals surface area (Å²) in [5.74, 6) is -0.388. The molecule has 0 saturated carbocycles. The normalized spacial score (nSPS) is 11.5. The van der Waals surface area contributed by atoms with Gasteiger partial charge in [-0.1, -0.05) is 0 Å². The fourth-order valence-electron chi connectivity index (χ4n) is 1.98. The molecule has 1 unspecified atom stereocenters. The van der Waals surface area contributed by atoms with Crippen LogP contribution in [-0.4, -0.2) is 39.3 Å². The summed E-state index contributed by atoms with van der Waals surface area (Å²) in [6, 6.07) is 2.87. The van der Waals surface area contributed by atoms with Crippen molar-refractivity contribution in [3.05, 3.63) is 17.7 Å². The minimum Gasteiger partial charge on any atom is -0.493 e. The number of rotatable bonds is 8. The van der Waals surface area contributed by atoms with Crippen LogP contribution in [0.2, 0.25) is 0 Å². The maximum atomic E-state index is 12.1. The molecule has 0 bridgehead atoms. The second-order valence-corrected chi connectivity index (χ2v) is 5.05. The zero-order chi connectivity index (χ0) is 17.4. The van der Waals surface area contributed by atoms with Gasteiger partial charge < -0.3 is 24.7 Å². The topological polar surface area (TPSA) is 97.1 Å². The third-order valence-electron chi connectivity index (χ3n) is 3.15. The van der Waals surface area contributed by atoms with E-state index >= 15 is 0 Å². The summed E-state index contributed by atoms with van der Waals surface area (Å²) in [5.41, 5.74) is 5.74. The molecule has 2 N–H and O–H groups in total. The Hall–Kier alpha value is -2.28. The van der Waals surface area contributed by atoms with E-state index in [9.17, 15) is 9.59 Å². The Kier molecular flexibility index (Phi) is 7.34. The molecule has 0 spiro atoms. The summed E-state index contributed by atoms with van der Waals surface area (Å²) in [5, 5.41) is 0. The minimum absolute atomic E-state index is 0.00797. The predicted octanol–water partition coefficient (Wildman–Crippen LogP) is 1.91. The Bertz CT molecular complexity index is 530. The Balaban J connectivity index is 2.81. The monoisotopic (exact) mass is 325 g/mol. The third kappa shape index (κ3) is 5.45. The highest BCUT2D eigenvalue weighted by molar-refractivity contribution is 5.97. The van der Waals surface area contributed by atoms with Crippen molar-refractivity contribution in [2.45, 2.75) is 32.2 Å². The zero-order valence-electron chi connectivity index (χ0n) is 13.9. The molecule has 1 aromatic carbocycles. The molecular formula is C16H23NO6. The van der Waals surface area contributed by atoms with Crippen LogP contribution in [0, 0.1) is 0 Å². The predicted molar refractivity (Wildman–Crippen MR) is 84.0 cm³/mol. The maximum absolute atomic E-state index is 12.1. The van der Waals surface area contributed by atoms with Gasteiger partial charge in [-0.15, -0.1) is 0 Å². The number of nitrogens with two attached hydrogens (primary N) is 1. The molecule has 0 heterocycles. The molecule has 0 saturated heterocycles. The van der Waals surface area contributed by atoms with Gasteiger partial charge in [-0.25, -0.2) is 4.79 Å². The number of benzene rings is 1.